The van der Waals surface area contributed by atoms with E-state index in [2.05, 4.69) is 0 Å². The Balaban J connectivity index is 1.47. The predicted octanol–water partition coefficient (Wildman–Crippen LogP) is 4.13. The van der Waals surface area contributed by atoms with Crippen LogP contribution in [0, 0.1) is 5.82 Å². The average Bonchev–Trinajstić information content (AvgIpc) is 3.03. The molecule has 0 amide bonds. The van der Waals surface area contributed by atoms with Gasteiger partial charge in [-0.2, -0.15) is 4.31 Å². The van der Waals surface area contributed by atoms with Gasteiger partial charge in [0.25, 0.3) is 0 Å². The van der Waals surface area contributed by atoms with E-state index in [9.17, 15) is 12.8 Å². The first kappa shape index (κ1) is 22.3. The van der Waals surface area contributed by atoms with E-state index in [0.717, 1.165) is 16.7 Å². The van der Waals surface area contributed by atoms with Gasteiger partial charge >= 0.3 is 0 Å². The van der Waals surface area contributed by atoms with E-state index in [1.165, 1.54) is 23.5 Å². The second kappa shape index (κ2) is 9.68. The number of hydrogen-bond acceptors (Lipinski definition) is 5. The first-order valence-corrected chi connectivity index (χ1v) is 11.6. The fraction of sp³-hybridized carbons (Fsp3) is 0.250. The highest BCUT2D eigenvalue weighted by Gasteiger charge is 2.28. The molecule has 32 heavy (non-hydrogen) atoms. The van der Waals surface area contributed by atoms with Crippen LogP contribution in [-0.4, -0.2) is 33.0 Å². The molecule has 0 radical (unpaired) electrons. The SMILES string of the molecule is COc1ccc(S(=O)(=O)N2CCOc3ccc(COCc4ccc(F)cc4)cc3C2)cc1. The summed E-state index contributed by atoms with van der Waals surface area (Å²) in [4.78, 5) is 0.209. The monoisotopic (exact) mass is 457 g/mol. The van der Waals surface area contributed by atoms with Gasteiger partial charge in [-0.3, -0.25) is 0 Å². The highest BCUT2D eigenvalue weighted by Crippen LogP contribution is 2.28. The summed E-state index contributed by atoms with van der Waals surface area (Å²) in [6, 6.07) is 18.2. The van der Waals surface area contributed by atoms with E-state index in [-0.39, 0.29) is 30.4 Å². The summed E-state index contributed by atoms with van der Waals surface area (Å²) in [5.74, 6) is 0.979. The second-order valence-electron chi connectivity index (χ2n) is 7.42. The van der Waals surface area contributed by atoms with Crippen molar-refractivity contribution in [2.75, 3.05) is 20.3 Å². The summed E-state index contributed by atoms with van der Waals surface area (Å²) in [5, 5.41) is 0. The predicted molar refractivity (Wildman–Crippen MR) is 117 cm³/mol. The number of hydrogen-bond donors (Lipinski definition) is 0. The smallest absolute Gasteiger partial charge is 0.243 e. The summed E-state index contributed by atoms with van der Waals surface area (Å²) >= 11 is 0. The Hall–Kier alpha value is -2.94. The standard InChI is InChI=1S/C24H24FNO5S/c1-29-22-7-9-23(10-8-22)32(27,28)26-12-13-31-24-11-4-19(14-20(24)15-26)17-30-16-18-2-5-21(25)6-3-18/h2-11,14H,12-13,15-17H2,1H3. The van der Waals surface area contributed by atoms with E-state index < -0.39 is 10.0 Å². The highest BCUT2D eigenvalue weighted by atomic mass is 32.2. The van der Waals surface area contributed by atoms with Crippen molar-refractivity contribution in [2.24, 2.45) is 0 Å². The topological polar surface area (TPSA) is 65.1 Å². The molecule has 0 unspecified atom stereocenters. The van der Waals surface area contributed by atoms with Crippen molar-refractivity contribution in [3.05, 3.63) is 89.2 Å². The largest absolute Gasteiger partial charge is 0.497 e. The van der Waals surface area contributed by atoms with Gasteiger partial charge in [-0.25, -0.2) is 12.8 Å². The Morgan fingerprint density at radius 2 is 1.66 bits per heavy atom. The van der Waals surface area contributed by atoms with Crippen molar-refractivity contribution >= 4 is 10.0 Å². The van der Waals surface area contributed by atoms with Crippen LogP contribution in [0.25, 0.3) is 0 Å². The van der Waals surface area contributed by atoms with E-state index in [0.29, 0.717) is 24.7 Å². The molecule has 4 rings (SSSR count). The van der Waals surface area contributed by atoms with Crippen LogP contribution < -0.4 is 9.47 Å². The van der Waals surface area contributed by atoms with Gasteiger partial charge in [-0.1, -0.05) is 18.2 Å². The molecule has 168 valence electrons. The Morgan fingerprint density at radius 3 is 2.38 bits per heavy atom. The molecule has 0 fully saturated rings. The van der Waals surface area contributed by atoms with Gasteiger partial charge in [0.1, 0.15) is 23.9 Å². The quantitative estimate of drug-likeness (QED) is 0.534. The molecule has 1 aliphatic rings. The number of benzene rings is 3. The van der Waals surface area contributed by atoms with Crippen molar-refractivity contribution < 1.29 is 27.0 Å². The lowest BCUT2D eigenvalue weighted by molar-refractivity contribution is 0.107. The summed E-state index contributed by atoms with van der Waals surface area (Å²) in [6.07, 6.45) is 0. The molecule has 1 aliphatic heterocycles. The van der Waals surface area contributed by atoms with Crippen molar-refractivity contribution in [3.8, 4) is 11.5 Å². The minimum Gasteiger partial charge on any atom is -0.497 e. The van der Waals surface area contributed by atoms with E-state index >= 15 is 0 Å². The third-order valence-electron chi connectivity index (χ3n) is 5.22. The average molecular weight is 458 g/mol. The van der Waals surface area contributed by atoms with Gasteiger partial charge in [0.2, 0.25) is 10.0 Å². The van der Waals surface area contributed by atoms with Crippen molar-refractivity contribution in [2.45, 2.75) is 24.7 Å². The molecule has 3 aromatic carbocycles. The number of rotatable bonds is 7. The molecule has 0 atom stereocenters. The molecule has 0 aromatic heterocycles. The second-order valence-corrected chi connectivity index (χ2v) is 9.36. The van der Waals surface area contributed by atoms with Gasteiger partial charge in [0.05, 0.1) is 25.2 Å². The number of halogens is 1. The molecule has 0 bridgehead atoms. The molecule has 0 saturated heterocycles. The fourth-order valence-corrected chi connectivity index (χ4v) is 4.88. The number of methoxy groups -OCH3 is 1. The molecule has 6 nitrogen and oxygen atoms in total. The zero-order chi connectivity index (χ0) is 22.6. The third-order valence-corrected chi connectivity index (χ3v) is 7.08. The summed E-state index contributed by atoms with van der Waals surface area (Å²) in [6.45, 7) is 1.42. The Morgan fingerprint density at radius 1 is 0.969 bits per heavy atom. The Kier molecular flexibility index (Phi) is 6.74. The fourth-order valence-electron chi connectivity index (χ4n) is 3.48. The molecular weight excluding hydrogens is 433 g/mol. The zero-order valence-electron chi connectivity index (χ0n) is 17.7. The lowest BCUT2D eigenvalue weighted by Gasteiger charge is -2.20. The Labute approximate surface area is 187 Å². The maximum Gasteiger partial charge on any atom is 0.243 e. The van der Waals surface area contributed by atoms with Gasteiger partial charge in [-0.15, -0.1) is 0 Å². The van der Waals surface area contributed by atoms with Crippen LogP contribution in [0.3, 0.4) is 0 Å². The van der Waals surface area contributed by atoms with E-state index in [1.54, 1.807) is 36.4 Å². The van der Waals surface area contributed by atoms with Gasteiger partial charge in [-0.05, 0) is 59.7 Å². The van der Waals surface area contributed by atoms with Crippen molar-refractivity contribution in [3.63, 3.8) is 0 Å². The number of nitrogens with zero attached hydrogens (tertiary/aromatic N) is 1. The highest BCUT2D eigenvalue weighted by molar-refractivity contribution is 7.89. The van der Waals surface area contributed by atoms with Gasteiger partial charge < -0.3 is 14.2 Å². The molecule has 0 spiro atoms. The normalized spacial score (nSPS) is 14.3. The number of ether oxygens (including phenoxy) is 3. The molecule has 1 heterocycles. The van der Waals surface area contributed by atoms with E-state index in [1.807, 2.05) is 18.2 Å². The van der Waals surface area contributed by atoms with Gasteiger partial charge in [0.15, 0.2) is 0 Å². The van der Waals surface area contributed by atoms with E-state index in [4.69, 9.17) is 14.2 Å². The maximum atomic E-state index is 13.2. The molecule has 0 N–H and O–H groups in total. The molecule has 0 aliphatic carbocycles. The maximum absolute atomic E-state index is 13.2. The van der Waals surface area contributed by atoms with Crippen LogP contribution >= 0.6 is 0 Å². The van der Waals surface area contributed by atoms with Crippen molar-refractivity contribution in [1.29, 1.82) is 0 Å². The van der Waals surface area contributed by atoms with Crippen LogP contribution in [0.4, 0.5) is 4.39 Å². The summed E-state index contributed by atoms with van der Waals surface area (Å²) < 4.78 is 57.4. The number of fused-ring (bicyclic) bond motifs is 1. The van der Waals surface area contributed by atoms with Crippen LogP contribution in [0.5, 0.6) is 11.5 Å². The number of sulfonamides is 1. The van der Waals surface area contributed by atoms with Gasteiger partial charge in [0, 0.05) is 18.7 Å². The minimum absolute atomic E-state index is 0.204. The van der Waals surface area contributed by atoms with Crippen LogP contribution in [0.2, 0.25) is 0 Å². The molecule has 8 heteroatoms. The van der Waals surface area contributed by atoms with Crippen LogP contribution in [-0.2, 0) is 34.5 Å². The van der Waals surface area contributed by atoms with Crippen LogP contribution in [0.15, 0.2) is 71.6 Å². The molecular formula is C24H24FNO5S. The lowest BCUT2D eigenvalue weighted by Crippen LogP contribution is -2.32. The Bertz CT molecular complexity index is 1160. The van der Waals surface area contributed by atoms with Crippen molar-refractivity contribution in [1.82, 2.24) is 4.31 Å². The lowest BCUT2D eigenvalue weighted by atomic mass is 10.1. The minimum atomic E-state index is -3.69. The zero-order valence-corrected chi connectivity index (χ0v) is 18.5. The molecule has 3 aromatic rings. The first-order valence-electron chi connectivity index (χ1n) is 10.2. The molecule has 0 saturated carbocycles. The summed E-state index contributed by atoms with van der Waals surface area (Å²) in [7, 11) is -2.15. The first-order chi connectivity index (χ1) is 15.5. The third kappa shape index (κ3) is 5.09. The summed E-state index contributed by atoms with van der Waals surface area (Å²) in [5.41, 5.74) is 2.56. The van der Waals surface area contributed by atoms with Crippen LogP contribution in [0.1, 0.15) is 16.7 Å².